The van der Waals surface area contributed by atoms with E-state index in [4.69, 9.17) is 0 Å². The van der Waals surface area contributed by atoms with Crippen LogP contribution in [0.3, 0.4) is 0 Å². The summed E-state index contributed by atoms with van der Waals surface area (Å²) >= 11 is 0. The Morgan fingerprint density at radius 1 is 1.22 bits per heavy atom. The average molecular weight is 390 g/mol. The van der Waals surface area contributed by atoms with E-state index >= 15 is 0 Å². The summed E-state index contributed by atoms with van der Waals surface area (Å²) in [5, 5.41) is 19.4. The first-order valence-electron chi connectivity index (χ1n) is 7.25. The Hall–Kier alpha value is -1.27. The highest BCUT2D eigenvalue weighted by Crippen LogP contribution is 2.28. The van der Waals surface area contributed by atoms with Crippen LogP contribution in [-0.4, -0.2) is 55.8 Å². The van der Waals surface area contributed by atoms with E-state index in [1.807, 2.05) is 12.1 Å². The van der Waals surface area contributed by atoms with Gasteiger partial charge in [0.05, 0.1) is 21.1 Å². The van der Waals surface area contributed by atoms with Crippen LogP contribution in [0.5, 0.6) is 5.75 Å². The van der Waals surface area contributed by atoms with Crippen molar-refractivity contribution >= 4 is 6.09 Å². The summed E-state index contributed by atoms with van der Waals surface area (Å²) in [7, 11) is 9.21. The molecule has 0 aromatic heterocycles. The lowest BCUT2D eigenvalue weighted by atomic mass is 9.86. The lowest BCUT2D eigenvalue weighted by molar-refractivity contribution is -0.884. The molecule has 1 rings (SSSR count). The van der Waals surface area contributed by atoms with Crippen molar-refractivity contribution in [2.24, 2.45) is 0 Å². The zero-order chi connectivity index (χ0) is 17.7. The minimum Gasteiger partial charge on any atom is -1.00 e. The fourth-order valence-corrected chi connectivity index (χ4v) is 1.69. The molecule has 0 aliphatic heterocycles. The van der Waals surface area contributed by atoms with Gasteiger partial charge in [0, 0.05) is 19.7 Å². The number of carbonyl (C=O) groups excluding carboxylic acids is 1. The Bertz CT molecular complexity index is 504. The van der Waals surface area contributed by atoms with E-state index in [0.717, 1.165) is 21.5 Å². The second-order valence-corrected chi connectivity index (χ2v) is 7.70. The maximum absolute atomic E-state index is 9.85. The number of carboxylic acid groups (broad SMARTS) is 1. The van der Waals surface area contributed by atoms with E-state index in [1.165, 1.54) is 19.7 Å². The van der Waals surface area contributed by atoms with E-state index in [1.54, 1.807) is 0 Å². The summed E-state index contributed by atoms with van der Waals surface area (Å²) in [5.74, 6) is 0.404. The van der Waals surface area contributed by atoms with E-state index in [0.29, 0.717) is 5.75 Å². The fraction of sp³-hybridized carbons (Fsp3) is 0.588. The zero-order valence-electron chi connectivity index (χ0n) is 15.5. The van der Waals surface area contributed by atoms with Gasteiger partial charge in [0.25, 0.3) is 0 Å². The Labute approximate surface area is 150 Å². The smallest absolute Gasteiger partial charge is 0.136 e. The molecular weight excluding hydrogens is 360 g/mol. The first kappa shape index (κ1) is 24.0. The second-order valence-electron chi connectivity index (χ2n) is 7.70. The van der Waals surface area contributed by atoms with Crippen LogP contribution in [0.4, 0.5) is 4.79 Å². The summed E-state index contributed by atoms with van der Waals surface area (Å²) in [5.41, 5.74) is 2.43. The van der Waals surface area contributed by atoms with Crippen molar-refractivity contribution in [3.05, 3.63) is 29.3 Å². The summed E-state index contributed by atoms with van der Waals surface area (Å²) < 4.78 is 0.821. The van der Waals surface area contributed by atoms with Gasteiger partial charge in [-0.25, -0.2) is 0 Å². The summed E-state index contributed by atoms with van der Waals surface area (Å²) in [6, 6.07) is 5.94. The topological polar surface area (TPSA) is 63.6 Å². The number of amides is 1. The van der Waals surface area contributed by atoms with Crippen LogP contribution in [0.15, 0.2) is 18.2 Å². The van der Waals surface area contributed by atoms with Crippen LogP contribution in [0.25, 0.3) is 0 Å². The van der Waals surface area contributed by atoms with Gasteiger partial charge in [-0.2, -0.15) is 0 Å². The molecule has 0 radical (unpaired) electrons. The molecule has 0 bridgehead atoms. The summed E-state index contributed by atoms with van der Waals surface area (Å²) in [6.45, 7) is 7.41. The van der Waals surface area contributed by atoms with Gasteiger partial charge in [-0.15, -0.1) is 0 Å². The number of rotatable bonds is 2. The molecule has 1 amide bonds. The average Bonchev–Trinajstić information content (AvgIpc) is 2.29. The van der Waals surface area contributed by atoms with Crippen molar-refractivity contribution in [2.45, 2.75) is 32.7 Å². The molecule has 1 aromatic rings. The molecule has 0 aliphatic rings. The van der Waals surface area contributed by atoms with Gasteiger partial charge < -0.3 is 41.4 Å². The van der Waals surface area contributed by atoms with Crippen LogP contribution >= 0.6 is 0 Å². The van der Waals surface area contributed by atoms with Crippen molar-refractivity contribution in [3.63, 3.8) is 0 Å². The molecule has 0 heterocycles. The van der Waals surface area contributed by atoms with E-state index in [2.05, 4.69) is 48.0 Å². The predicted molar refractivity (Wildman–Crippen MR) is 87.6 cm³/mol. The number of nitrogens with zero attached hydrogens (tertiary/aromatic N) is 2. The number of hydrogen-bond acceptors (Lipinski definition) is 3. The molecule has 23 heavy (non-hydrogen) atoms. The third-order valence-electron chi connectivity index (χ3n) is 2.96. The monoisotopic (exact) mass is 389 g/mol. The Morgan fingerprint density at radius 3 is 1.96 bits per heavy atom. The maximum Gasteiger partial charge on any atom is 0.136 e. The zero-order valence-corrected chi connectivity index (χ0v) is 17.1. The number of aromatic hydroxyl groups is 1. The van der Waals surface area contributed by atoms with Gasteiger partial charge in [0.2, 0.25) is 0 Å². The second kappa shape index (κ2) is 9.13. The fourth-order valence-electron chi connectivity index (χ4n) is 1.69. The highest BCUT2D eigenvalue weighted by Gasteiger charge is 2.18. The van der Waals surface area contributed by atoms with Gasteiger partial charge >= 0.3 is 0 Å². The van der Waals surface area contributed by atoms with Crippen LogP contribution in [-0.2, 0) is 12.0 Å². The molecule has 0 aliphatic carbocycles. The van der Waals surface area contributed by atoms with Gasteiger partial charge in [0.1, 0.15) is 18.4 Å². The highest BCUT2D eigenvalue weighted by atomic mass is 79.9. The SMILES string of the molecule is CC(C)(C)c1ccc(O)c(C[N+](C)(C)C)c1.CN(C)C(=O)[O-].[Br-]. The normalized spacial score (nSPS) is 11.0. The molecule has 1 N–H and O–H groups in total. The van der Waals surface area contributed by atoms with E-state index in [-0.39, 0.29) is 22.4 Å². The molecule has 1 aromatic carbocycles. The molecule has 0 saturated heterocycles. The number of quaternary nitrogens is 1. The van der Waals surface area contributed by atoms with E-state index < -0.39 is 6.09 Å². The van der Waals surface area contributed by atoms with Crippen molar-refractivity contribution in [3.8, 4) is 5.75 Å². The summed E-state index contributed by atoms with van der Waals surface area (Å²) in [4.78, 5) is 10.5. The lowest BCUT2D eigenvalue weighted by Gasteiger charge is -2.26. The van der Waals surface area contributed by atoms with Gasteiger partial charge in [0.15, 0.2) is 0 Å². The van der Waals surface area contributed by atoms with Gasteiger partial charge in [-0.05, 0) is 23.1 Å². The Balaban J connectivity index is 0. The Kier molecular flexibility index (Phi) is 9.52. The predicted octanol–water partition coefficient (Wildman–Crippen LogP) is -1.21. The molecule has 0 fully saturated rings. The number of halogens is 1. The molecular formula is C17H30BrN2O3-. The molecule has 0 unspecified atom stereocenters. The van der Waals surface area contributed by atoms with Gasteiger partial charge in [-0.3, -0.25) is 0 Å². The quantitative estimate of drug-likeness (QED) is 0.645. The number of phenols is 1. The van der Waals surface area contributed by atoms with Crippen LogP contribution in [0.1, 0.15) is 31.9 Å². The van der Waals surface area contributed by atoms with Crippen molar-refractivity contribution in [1.29, 1.82) is 0 Å². The van der Waals surface area contributed by atoms with Crippen LogP contribution in [0.2, 0.25) is 0 Å². The third-order valence-corrected chi connectivity index (χ3v) is 2.96. The largest absolute Gasteiger partial charge is 1.00 e. The van der Waals surface area contributed by atoms with Gasteiger partial charge in [-0.1, -0.05) is 26.8 Å². The Morgan fingerprint density at radius 2 is 1.65 bits per heavy atom. The van der Waals surface area contributed by atoms with Crippen molar-refractivity contribution in [1.82, 2.24) is 4.90 Å². The molecule has 134 valence electrons. The minimum absolute atomic E-state index is 0. The van der Waals surface area contributed by atoms with Crippen molar-refractivity contribution < 1.29 is 36.5 Å². The number of benzene rings is 1. The number of carbonyl (C=O) groups is 1. The standard InChI is InChI=1S/C14H23NO.C3H7NO2.BrH/c1-14(2,3)12-7-8-13(16)11(9-12)10-15(4,5)6;1-4(2)3(5)6;/h7-9H,10H2,1-6H3;1-2H3,(H,5,6);1H/p-1. The first-order chi connectivity index (χ1) is 9.74. The number of hydrogen-bond donors (Lipinski definition) is 1. The number of phenolic OH excluding ortho intramolecular Hbond substituents is 1. The van der Waals surface area contributed by atoms with Crippen LogP contribution in [0, 0.1) is 0 Å². The molecule has 0 spiro atoms. The third kappa shape index (κ3) is 10.2. The molecule has 0 saturated carbocycles. The molecule has 6 heteroatoms. The first-order valence-corrected chi connectivity index (χ1v) is 7.25. The van der Waals surface area contributed by atoms with E-state index in [9.17, 15) is 15.0 Å². The van der Waals surface area contributed by atoms with Crippen molar-refractivity contribution in [2.75, 3.05) is 35.2 Å². The maximum atomic E-state index is 9.85. The summed E-state index contributed by atoms with van der Waals surface area (Å²) in [6.07, 6.45) is -1.16. The molecule has 0 atom stereocenters. The van der Waals surface area contributed by atoms with Crippen LogP contribution < -0.4 is 22.1 Å². The highest BCUT2D eigenvalue weighted by molar-refractivity contribution is 5.61. The lowest BCUT2D eigenvalue weighted by Crippen LogP contribution is -3.00. The molecule has 5 nitrogen and oxygen atoms in total. The minimum atomic E-state index is -1.16.